The van der Waals surface area contributed by atoms with Crippen LogP contribution in [-0.4, -0.2) is 46.5 Å². The van der Waals surface area contributed by atoms with Crippen LogP contribution >= 0.6 is 0 Å². The van der Waals surface area contributed by atoms with Crippen LogP contribution in [0.2, 0.25) is 0 Å². The molecule has 45 heavy (non-hydrogen) atoms. The molecule has 3 rings (SSSR count). The van der Waals surface area contributed by atoms with E-state index in [0.717, 1.165) is 30.4 Å². The molecule has 4 unspecified atom stereocenters. The minimum absolute atomic E-state index is 0.0661. The van der Waals surface area contributed by atoms with Crippen molar-refractivity contribution in [2.75, 3.05) is 6.61 Å². The topological polar surface area (TPSA) is 117 Å². The van der Waals surface area contributed by atoms with Gasteiger partial charge in [-0.15, -0.1) is 0 Å². The first kappa shape index (κ1) is 35.6. The summed E-state index contributed by atoms with van der Waals surface area (Å²) in [5.74, 6) is 0.0435. The molecule has 0 heterocycles. The van der Waals surface area contributed by atoms with Crippen molar-refractivity contribution >= 4 is 12.0 Å². The molecule has 8 heteroatoms. The minimum atomic E-state index is -1.64. The molecule has 0 fully saturated rings. The maximum Gasteiger partial charge on any atom is 0.408 e. The predicted octanol–water partition coefficient (Wildman–Crippen LogP) is 6.64. The highest BCUT2D eigenvalue weighted by atomic mass is 16.6. The van der Waals surface area contributed by atoms with Gasteiger partial charge < -0.3 is 30.3 Å². The van der Waals surface area contributed by atoms with Gasteiger partial charge in [0.25, 0.3) is 5.91 Å². The van der Waals surface area contributed by atoms with Crippen LogP contribution in [0.5, 0.6) is 5.75 Å². The summed E-state index contributed by atoms with van der Waals surface area (Å²) in [5, 5.41) is 26.6. The van der Waals surface area contributed by atoms with E-state index in [9.17, 15) is 19.8 Å². The predicted molar refractivity (Wildman–Crippen MR) is 177 cm³/mol. The molecule has 0 radical (unpaired) electrons. The standard InChI is InChI=1S/C37H50N2O6/c1-4-5-6-7-8-11-16-28(2)38-36(43)45-37(3,35(42)39-33(26-40)34(41)31-19-14-10-15-20-31)25-29-21-23-32(24-22-29)44-27-30-17-12-9-13-18-30/h9-10,12-15,17-24,28,33-34,40-41H,4-8,11,16,25-27H2,1-3H3,(H,38,43)(H,39,42). The van der Waals surface area contributed by atoms with E-state index >= 15 is 0 Å². The molecular formula is C37H50N2O6. The van der Waals surface area contributed by atoms with Gasteiger partial charge in [-0.1, -0.05) is 118 Å². The third-order valence-corrected chi connectivity index (χ3v) is 7.90. The fraction of sp³-hybridized carbons (Fsp3) is 0.459. The number of amides is 2. The molecule has 8 nitrogen and oxygen atoms in total. The number of alkyl carbamates (subject to hydrolysis) is 1. The lowest BCUT2D eigenvalue weighted by Gasteiger charge is -2.32. The Bertz CT molecular complexity index is 1270. The SMILES string of the molecule is CCCCCCCCC(C)NC(=O)OC(C)(Cc1ccc(OCc2ccccc2)cc1)C(=O)NC(CO)C(O)c1ccccc1. The van der Waals surface area contributed by atoms with Gasteiger partial charge in [-0.25, -0.2) is 4.79 Å². The van der Waals surface area contributed by atoms with Crippen LogP contribution in [-0.2, 0) is 22.6 Å². The summed E-state index contributed by atoms with van der Waals surface area (Å²) in [6, 6.07) is 24.8. The zero-order valence-electron chi connectivity index (χ0n) is 26.9. The number of unbranched alkanes of at least 4 members (excludes halogenated alkanes) is 5. The first-order valence-electron chi connectivity index (χ1n) is 16.1. The Morgan fingerprint density at radius 1 is 0.822 bits per heavy atom. The Morgan fingerprint density at radius 2 is 1.44 bits per heavy atom. The lowest BCUT2D eigenvalue weighted by atomic mass is 9.94. The zero-order chi connectivity index (χ0) is 32.5. The summed E-state index contributed by atoms with van der Waals surface area (Å²) in [5.41, 5.74) is 0.705. The van der Waals surface area contributed by atoms with Gasteiger partial charge in [-0.3, -0.25) is 4.79 Å². The van der Waals surface area contributed by atoms with Gasteiger partial charge in [0.2, 0.25) is 0 Å². The molecule has 0 bridgehead atoms. The molecule has 4 N–H and O–H groups in total. The third kappa shape index (κ3) is 12.2. The lowest BCUT2D eigenvalue weighted by molar-refractivity contribution is -0.140. The normalized spacial score (nSPS) is 14.4. The van der Waals surface area contributed by atoms with Crippen LogP contribution in [0.25, 0.3) is 0 Å². The second kappa shape index (κ2) is 18.8. The second-order valence-corrected chi connectivity index (χ2v) is 11.9. The summed E-state index contributed by atoms with van der Waals surface area (Å²) in [4.78, 5) is 26.8. The monoisotopic (exact) mass is 618 g/mol. The van der Waals surface area contributed by atoms with Gasteiger partial charge in [0.1, 0.15) is 18.5 Å². The second-order valence-electron chi connectivity index (χ2n) is 11.9. The molecule has 0 saturated carbocycles. The van der Waals surface area contributed by atoms with E-state index in [2.05, 4.69) is 17.6 Å². The largest absolute Gasteiger partial charge is 0.489 e. The number of rotatable bonds is 19. The maximum absolute atomic E-state index is 13.8. The van der Waals surface area contributed by atoms with Crippen molar-refractivity contribution in [2.45, 2.75) is 103 Å². The third-order valence-electron chi connectivity index (χ3n) is 7.90. The molecular weight excluding hydrogens is 568 g/mol. The number of aliphatic hydroxyl groups is 2. The molecule has 0 aliphatic heterocycles. The van der Waals surface area contributed by atoms with Crippen LogP contribution in [0.3, 0.4) is 0 Å². The van der Waals surface area contributed by atoms with Crippen molar-refractivity contribution in [3.05, 3.63) is 102 Å². The van der Waals surface area contributed by atoms with Gasteiger partial charge in [0.15, 0.2) is 5.60 Å². The van der Waals surface area contributed by atoms with Gasteiger partial charge in [-0.05, 0) is 49.1 Å². The molecule has 0 aliphatic carbocycles. The van der Waals surface area contributed by atoms with Crippen LogP contribution in [0.4, 0.5) is 4.79 Å². The van der Waals surface area contributed by atoms with Gasteiger partial charge >= 0.3 is 6.09 Å². The van der Waals surface area contributed by atoms with Crippen LogP contribution in [0.1, 0.15) is 88.5 Å². The van der Waals surface area contributed by atoms with Gasteiger partial charge in [0.05, 0.1) is 12.6 Å². The van der Waals surface area contributed by atoms with Crippen molar-refractivity contribution in [2.24, 2.45) is 0 Å². The highest BCUT2D eigenvalue weighted by Crippen LogP contribution is 2.24. The minimum Gasteiger partial charge on any atom is -0.489 e. The van der Waals surface area contributed by atoms with Crippen molar-refractivity contribution in [1.82, 2.24) is 10.6 Å². The fourth-order valence-corrected chi connectivity index (χ4v) is 5.16. The number of hydrogen-bond acceptors (Lipinski definition) is 6. The quantitative estimate of drug-likeness (QED) is 0.112. The summed E-state index contributed by atoms with van der Waals surface area (Å²) >= 11 is 0. The van der Waals surface area contributed by atoms with E-state index in [1.807, 2.05) is 67.6 Å². The Balaban J connectivity index is 1.69. The Kier molecular flexibility index (Phi) is 14.9. The number of hydrogen-bond donors (Lipinski definition) is 4. The van der Waals surface area contributed by atoms with Crippen LogP contribution < -0.4 is 15.4 Å². The Morgan fingerprint density at radius 3 is 2.09 bits per heavy atom. The fourth-order valence-electron chi connectivity index (χ4n) is 5.16. The van der Waals surface area contributed by atoms with Gasteiger partial charge in [0, 0.05) is 12.5 Å². The molecule has 2 amide bonds. The lowest BCUT2D eigenvalue weighted by Crippen LogP contribution is -2.55. The summed E-state index contributed by atoms with van der Waals surface area (Å²) < 4.78 is 11.7. The zero-order valence-corrected chi connectivity index (χ0v) is 26.9. The van der Waals surface area contributed by atoms with E-state index in [1.54, 1.807) is 31.2 Å². The van der Waals surface area contributed by atoms with E-state index in [4.69, 9.17) is 9.47 Å². The smallest absolute Gasteiger partial charge is 0.408 e. The first-order chi connectivity index (χ1) is 21.7. The molecule has 0 aromatic heterocycles. The molecule has 0 spiro atoms. The van der Waals surface area contributed by atoms with E-state index in [1.165, 1.54) is 25.7 Å². The number of nitrogens with one attached hydrogen (secondary N) is 2. The summed E-state index contributed by atoms with van der Waals surface area (Å²) in [6.45, 7) is 5.58. The highest BCUT2D eigenvalue weighted by Gasteiger charge is 2.40. The Hall–Kier alpha value is -3.88. The first-order valence-corrected chi connectivity index (χ1v) is 16.1. The van der Waals surface area contributed by atoms with Crippen molar-refractivity contribution < 1.29 is 29.3 Å². The molecule has 4 atom stereocenters. The molecule has 0 aliphatic rings. The molecule has 244 valence electrons. The van der Waals surface area contributed by atoms with Crippen LogP contribution in [0, 0.1) is 0 Å². The number of ether oxygens (including phenoxy) is 2. The molecule has 3 aromatic rings. The summed E-state index contributed by atoms with van der Waals surface area (Å²) in [6.07, 6.45) is 5.98. The molecule has 3 aromatic carbocycles. The average Bonchev–Trinajstić information content (AvgIpc) is 3.05. The average molecular weight is 619 g/mol. The van der Waals surface area contributed by atoms with E-state index < -0.39 is 36.4 Å². The highest BCUT2D eigenvalue weighted by molar-refractivity contribution is 5.88. The number of benzene rings is 3. The van der Waals surface area contributed by atoms with Crippen molar-refractivity contribution in [3.63, 3.8) is 0 Å². The van der Waals surface area contributed by atoms with Crippen molar-refractivity contribution in [1.29, 1.82) is 0 Å². The maximum atomic E-state index is 13.8. The number of carbonyl (C=O) groups is 2. The molecule has 0 saturated heterocycles. The van der Waals surface area contributed by atoms with Gasteiger partial charge in [-0.2, -0.15) is 0 Å². The van der Waals surface area contributed by atoms with Crippen LogP contribution in [0.15, 0.2) is 84.9 Å². The van der Waals surface area contributed by atoms with Crippen molar-refractivity contribution in [3.8, 4) is 5.75 Å². The van der Waals surface area contributed by atoms with E-state index in [-0.39, 0.29) is 12.5 Å². The Labute approximate surface area is 268 Å². The number of carbonyl (C=O) groups excluding carboxylic acids is 2. The van der Waals surface area contributed by atoms with E-state index in [0.29, 0.717) is 17.9 Å². The number of aliphatic hydroxyl groups excluding tert-OH is 2. The summed E-state index contributed by atoms with van der Waals surface area (Å²) in [7, 11) is 0.